The predicted octanol–water partition coefficient (Wildman–Crippen LogP) is 13.3. The smallest absolute Gasteiger partial charge is 0.164 e. The molecule has 260 valence electrons. The maximum atomic E-state index is 8.78. The van der Waals surface area contributed by atoms with E-state index in [0.717, 1.165) is 38.6 Å². The Morgan fingerprint density at radius 2 is 1.09 bits per heavy atom. The van der Waals surface area contributed by atoms with Gasteiger partial charge in [0.1, 0.15) is 11.2 Å². The third-order valence-corrected chi connectivity index (χ3v) is 10.9. The van der Waals surface area contributed by atoms with E-state index < -0.39 is 18.1 Å². The number of furan rings is 1. The van der Waals surface area contributed by atoms with Crippen molar-refractivity contribution in [3.63, 3.8) is 0 Å². The Hall–Kier alpha value is -7.63. The van der Waals surface area contributed by atoms with E-state index in [1.54, 1.807) is 0 Å². The summed E-state index contributed by atoms with van der Waals surface area (Å²) in [5, 5.41) is 8.84. The lowest BCUT2D eigenvalue weighted by molar-refractivity contribution is 0.669. The average Bonchev–Trinajstić information content (AvgIpc) is 3.86. The van der Waals surface area contributed by atoms with E-state index >= 15 is 0 Å². The molecule has 0 bridgehead atoms. The number of aromatic nitrogens is 4. The van der Waals surface area contributed by atoms with Crippen LogP contribution in [-0.2, 0) is 0 Å². The fourth-order valence-corrected chi connectivity index (χ4v) is 8.55. The van der Waals surface area contributed by atoms with Crippen LogP contribution in [0.15, 0.2) is 186 Å². The highest BCUT2D eigenvalue weighted by molar-refractivity contribution is 6.36. The second kappa shape index (κ2) is 11.9. The summed E-state index contributed by atoms with van der Waals surface area (Å²) in [5.74, 6) is 0.561. The first kappa shape index (κ1) is 26.2. The zero-order valence-corrected chi connectivity index (χ0v) is 29.6. The molecule has 0 spiro atoms. The van der Waals surface area contributed by atoms with Gasteiger partial charge in [-0.05, 0) is 69.8 Å². The molecule has 5 heteroatoms. The maximum absolute atomic E-state index is 8.78. The maximum Gasteiger partial charge on any atom is 0.164 e. The molecule has 0 unspecified atom stereocenters. The number of hydrogen-bond donors (Lipinski definition) is 0. The summed E-state index contributed by atoms with van der Waals surface area (Å²) in [7, 11) is 0. The summed E-state index contributed by atoms with van der Waals surface area (Å²) in [4.78, 5) is 14.5. The van der Waals surface area contributed by atoms with Gasteiger partial charge < -0.3 is 8.98 Å². The Morgan fingerprint density at radius 1 is 0.411 bits per heavy atom. The zero-order chi connectivity index (χ0) is 41.1. The molecule has 0 atom stereocenters. The van der Waals surface area contributed by atoms with Crippen molar-refractivity contribution in [1.82, 2.24) is 19.5 Å². The molecule has 0 fully saturated rings. The summed E-state index contributed by atoms with van der Waals surface area (Å²) < 4.78 is 51.4. The second-order valence-electron chi connectivity index (χ2n) is 14.0. The Balaban J connectivity index is 1.13. The van der Waals surface area contributed by atoms with Crippen molar-refractivity contribution in [3.05, 3.63) is 182 Å². The van der Waals surface area contributed by atoms with Gasteiger partial charge in [0.2, 0.25) is 0 Å². The van der Waals surface area contributed by atoms with Gasteiger partial charge in [0.15, 0.2) is 17.5 Å². The molecule has 0 radical (unpaired) electrons. The Kier molecular flexibility index (Phi) is 5.58. The number of benzene rings is 9. The number of para-hydroxylation sites is 1. The molecule has 0 amide bonds. The van der Waals surface area contributed by atoms with Crippen LogP contribution < -0.4 is 0 Å². The van der Waals surface area contributed by atoms with Gasteiger partial charge in [0.25, 0.3) is 0 Å². The Morgan fingerprint density at radius 3 is 1.93 bits per heavy atom. The fourth-order valence-electron chi connectivity index (χ4n) is 8.55. The lowest BCUT2D eigenvalue weighted by Crippen LogP contribution is -2.00. The molecule has 0 N–H and O–H groups in total. The van der Waals surface area contributed by atoms with Gasteiger partial charge in [-0.3, -0.25) is 0 Å². The van der Waals surface area contributed by atoms with Crippen molar-refractivity contribution in [2.24, 2.45) is 0 Å². The molecule has 5 nitrogen and oxygen atoms in total. The lowest BCUT2D eigenvalue weighted by atomic mass is 9.89. The standard InChI is InChI=1S/C51H30N4O/c1-4-14-31(15-5-1)49-52-50(32-16-6-2-7-17-32)54-51(53-49)39-23-13-25-44-45(39)40-30-33(26-29-43(40)56-44)35-27-28-42-48-46(35)37-21-11-10-20-36(37)38-22-12-24-41(47(38)48)55(42)34-18-8-3-9-19-34/h1-30H/i1D,4D,5D,14D,15D. The van der Waals surface area contributed by atoms with Crippen molar-refractivity contribution in [3.8, 4) is 51.0 Å². The van der Waals surface area contributed by atoms with Crippen LogP contribution in [0.1, 0.15) is 6.85 Å². The topological polar surface area (TPSA) is 56.7 Å². The first-order chi connectivity index (χ1) is 29.9. The number of hydrogen-bond acceptors (Lipinski definition) is 4. The van der Waals surface area contributed by atoms with E-state index in [1.807, 2.05) is 60.7 Å². The van der Waals surface area contributed by atoms with Crippen LogP contribution in [0.3, 0.4) is 0 Å². The van der Waals surface area contributed by atoms with Gasteiger partial charge in [0.05, 0.1) is 17.9 Å². The van der Waals surface area contributed by atoms with Crippen LogP contribution in [0, 0.1) is 0 Å². The minimum absolute atomic E-state index is 0.0218. The van der Waals surface area contributed by atoms with Gasteiger partial charge in [-0.2, -0.15) is 0 Å². The summed E-state index contributed by atoms with van der Waals surface area (Å²) in [6.07, 6.45) is 0. The van der Waals surface area contributed by atoms with Gasteiger partial charge in [-0.15, -0.1) is 0 Å². The molecule has 0 aliphatic carbocycles. The van der Waals surface area contributed by atoms with Crippen LogP contribution in [0.25, 0.3) is 116 Å². The summed E-state index contributed by atoms with van der Waals surface area (Å²) in [5.41, 5.74) is 8.06. The zero-order valence-electron chi connectivity index (χ0n) is 34.6. The van der Waals surface area contributed by atoms with E-state index in [1.165, 1.54) is 32.3 Å². The van der Waals surface area contributed by atoms with E-state index in [2.05, 4.69) is 95.6 Å². The normalized spacial score (nSPS) is 13.2. The van der Waals surface area contributed by atoms with E-state index in [-0.39, 0.29) is 29.3 Å². The molecule has 3 aromatic heterocycles. The third-order valence-electron chi connectivity index (χ3n) is 10.9. The molecular weight excluding hydrogens is 685 g/mol. The Labute approximate surface area is 328 Å². The van der Waals surface area contributed by atoms with Gasteiger partial charge in [0, 0.05) is 49.3 Å². The van der Waals surface area contributed by atoms with Gasteiger partial charge in [-0.1, -0.05) is 139 Å². The number of nitrogens with zero attached hydrogens (tertiary/aromatic N) is 4. The predicted molar refractivity (Wildman–Crippen MR) is 229 cm³/mol. The van der Waals surface area contributed by atoms with Crippen LogP contribution in [0.2, 0.25) is 0 Å². The molecule has 3 heterocycles. The highest BCUT2D eigenvalue weighted by atomic mass is 16.3. The molecular formula is C51H30N4O. The summed E-state index contributed by atoms with van der Waals surface area (Å²) in [6, 6.07) is 49.4. The first-order valence-electron chi connectivity index (χ1n) is 21.0. The molecule has 0 saturated heterocycles. The van der Waals surface area contributed by atoms with E-state index in [0.29, 0.717) is 28.1 Å². The van der Waals surface area contributed by atoms with Crippen LogP contribution in [-0.4, -0.2) is 19.5 Å². The minimum atomic E-state index is -0.485. The highest BCUT2D eigenvalue weighted by Crippen LogP contribution is 2.48. The summed E-state index contributed by atoms with van der Waals surface area (Å²) in [6.45, 7) is 0. The SMILES string of the molecule is [2H]c1c([2H])c([2H])c(-c2nc(-c3ccccc3)nc(-c3cccc4oc5ccc(-c6ccc7c8c6c6ccccc6c6cccc(c68)n7-c6ccccc6)cc5c34)n2)c([2H])c1[2H]. The van der Waals surface area contributed by atoms with Crippen LogP contribution >= 0.6 is 0 Å². The summed E-state index contributed by atoms with van der Waals surface area (Å²) >= 11 is 0. The second-order valence-corrected chi connectivity index (χ2v) is 14.0. The van der Waals surface area contributed by atoms with Crippen molar-refractivity contribution < 1.29 is 11.3 Å². The average molecular weight is 720 g/mol. The number of fused-ring (bicyclic) bond motifs is 6. The Bertz CT molecular complexity index is 3740. The molecule has 12 rings (SSSR count). The lowest BCUT2D eigenvalue weighted by Gasteiger charge is -2.13. The third kappa shape index (κ3) is 4.52. The van der Waals surface area contributed by atoms with Crippen LogP contribution in [0.5, 0.6) is 0 Å². The monoisotopic (exact) mass is 719 g/mol. The number of rotatable bonds is 5. The quantitative estimate of drug-likeness (QED) is 0.166. The van der Waals surface area contributed by atoms with Gasteiger partial charge in [-0.25, -0.2) is 15.0 Å². The molecule has 9 aromatic carbocycles. The van der Waals surface area contributed by atoms with E-state index in [9.17, 15) is 0 Å². The highest BCUT2D eigenvalue weighted by Gasteiger charge is 2.23. The van der Waals surface area contributed by atoms with Crippen molar-refractivity contribution in [2.45, 2.75) is 0 Å². The molecule has 0 saturated carbocycles. The van der Waals surface area contributed by atoms with Crippen LogP contribution in [0.4, 0.5) is 0 Å². The molecule has 0 aliphatic rings. The minimum Gasteiger partial charge on any atom is -0.456 e. The van der Waals surface area contributed by atoms with Gasteiger partial charge >= 0.3 is 0 Å². The van der Waals surface area contributed by atoms with Crippen molar-refractivity contribution in [1.29, 1.82) is 0 Å². The fraction of sp³-hybridized carbons (Fsp3) is 0. The molecule has 0 aliphatic heterocycles. The van der Waals surface area contributed by atoms with Crippen molar-refractivity contribution >= 4 is 65.3 Å². The first-order valence-corrected chi connectivity index (χ1v) is 18.5. The molecule has 56 heavy (non-hydrogen) atoms. The van der Waals surface area contributed by atoms with E-state index in [4.69, 9.17) is 26.2 Å². The molecule has 12 aromatic rings. The largest absolute Gasteiger partial charge is 0.456 e. The van der Waals surface area contributed by atoms with Crippen molar-refractivity contribution in [2.75, 3.05) is 0 Å².